The van der Waals surface area contributed by atoms with Crippen molar-refractivity contribution in [3.8, 4) is 0 Å². The maximum Gasteiger partial charge on any atom is 0.137 e. The molecule has 1 N–H and O–H groups in total. The lowest BCUT2D eigenvalue weighted by molar-refractivity contribution is 0.701. The normalized spacial score (nSPS) is 14.6. The Morgan fingerprint density at radius 3 is 2.72 bits per heavy atom. The van der Waals surface area contributed by atoms with Crippen molar-refractivity contribution in [2.75, 3.05) is 23.3 Å². The molecular weight excluding hydrogens is 224 g/mol. The zero-order valence-corrected chi connectivity index (χ0v) is 11.7. The number of anilines is 2. The summed E-state index contributed by atoms with van der Waals surface area (Å²) < 4.78 is 0. The molecule has 0 spiro atoms. The molecule has 0 radical (unpaired) electrons. The van der Waals surface area contributed by atoms with Gasteiger partial charge >= 0.3 is 0 Å². The van der Waals surface area contributed by atoms with E-state index in [1.165, 1.54) is 31.2 Å². The highest BCUT2D eigenvalue weighted by Gasteiger charge is 2.30. The smallest absolute Gasteiger partial charge is 0.137 e. The van der Waals surface area contributed by atoms with Gasteiger partial charge in [-0.25, -0.2) is 9.97 Å². The van der Waals surface area contributed by atoms with Gasteiger partial charge in [-0.1, -0.05) is 13.3 Å². The summed E-state index contributed by atoms with van der Waals surface area (Å²) in [6.45, 7) is 8.47. The molecule has 18 heavy (non-hydrogen) atoms. The first-order valence-electron chi connectivity index (χ1n) is 7.10. The molecule has 0 amide bonds. The standard InChI is InChI=1S/C14H24N4/c1-4-6-9-18(12-7-8-12)14-11(3)13(15-5-2)16-10-17-14/h10,12H,4-9H2,1-3H3,(H,15,16,17). The lowest BCUT2D eigenvalue weighted by Gasteiger charge is -2.25. The highest BCUT2D eigenvalue weighted by molar-refractivity contribution is 5.58. The number of hydrogen-bond acceptors (Lipinski definition) is 4. The van der Waals surface area contributed by atoms with Crippen LogP contribution in [0.3, 0.4) is 0 Å². The van der Waals surface area contributed by atoms with Gasteiger partial charge in [-0.2, -0.15) is 0 Å². The van der Waals surface area contributed by atoms with E-state index in [4.69, 9.17) is 0 Å². The third-order valence-corrected chi connectivity index (χ3v) is 3.41. The molecule has 1 fully saturated rings. The SMILES string of the molecule is CCCCN(c1ncnc(NCC)c1C)C1CC1. The number of nitrogens with one attached hydrogen (secondary N) is 1. The summed E-state index contributed by atoms with van der Waals surface area (Å²) in [5.41, 5.74) is 1.18. The summed E-state index contributed by atoms with van der Waals surface area (Å²) in [7, 11) is 0. The molecule has 4 heteroatoms. The van der Waals surface area contributed by atoms with Crippen LogP contribution in [0.4, 0.5) is 11.6 Å². The van der Waals surface area contributed by atoms with Crippen LogP contribution in [0.15, 0.2) is 6.33 Å². The molecule has 2 rings (SSSR count). The van der Waals surface area contributed by atoms with Crippen molar-refractivity contribution < 1.29 is 0 Å². The molecule has 0 atom stereocenters. The minimum absolute atomic E-state index is 0.708. The Bertz CT molecular complexity index is 387. The van der Waals surface area contributed by atoms with Crippen LogP contribution < -0.4 is 10.2 Å². The highest BCUT2D eigenvalue weighted by atomic mass is 15.2. The van der Waals surface area contributed by atoms with E-state index in [1.807, 2.05) is 0 Å². The van der Waals surface area contributed by atoms with Crippen molar-refractivity contribution in [3.05, 3.63) is 11.9 Å². The van der Waals surface area contributed by atoms with Gasteiger partial charge in [-0.3, -0.25) is 0 Å². The first-order chi connectivity index (χ1) is 8.77. The van der Waals surface area contributed by atoms with Gasteiger partial charge in [0, 0.05) is 24.7 Å². The van der Waals surface area contributed by atoms with E-state index in [0.717, 1.165) is 24.7 Å². The van der Waals surface area contributed by atoms with E-state index in [-0.39, 0.29) is 0 Å². The average Bonchev–Trinajstić information content (AvgIpc) is 3.19. The second-order valence-electron chi connectivity index (χ2n) is 4.98. The number of hydrogen-bond donors (Lipinski definition) is 1. The molecule has 1 aliphatic carbocycles. The van der Waals surface area contributed by atoms with Crippen molar-refractivity contribution in [2.24, 2.45) is 0 Å². The Labute approximate surface area is 110 Å². The van der Waals surface area contributed by atoms with E-state index < -0.39 is 0 Å². The van der Waals surface area contributed by atoms with Crippen LogP contribution in [0.25, 0.3) is 0 Å². The van der Waals surface area contributed by atoms with Gasteiger partial charge in [0.1, 0.15) is 18.0 Å². The highest BCUT2D eigenvalue weighted by Crippen LogP contribution is 2.33. The zero-order chi connectivity index (χ0) is 13.0. The fourth-order valence-electron chi connectivity index (χ4n) is 2.25. The Hall–Kier alpha value is -1.32. The number of rotatable bonds is 7. The first-order valence-corrected chi connectivity index (χ1v) is 7.10. The Kier molecular flexibility index (Phi) is 4.39. The summed E-state index contributed by atoms with van der Waals surface area (Å²) in [4.78, 5) is 11.3. The lowest BCUT2D eigenvalue weighted by Crippen LogP contribution is -2.28. The molecule has 1 saturated carbocycles. The third-order valence-electron chi connectivity index (χ3n) is 3.41. The molecule has 100 valence electrons. The Morgan fingerprint density at radius 2 is 2.11 bits per heavy atom. The maximum absolute atomic E-state index is 4.51. The molecule has 0 unspecified atom stereocenters. The predicted octanol–water partition coefficient (Wildman–Crippen LogP) is 2.99. The summed E-state index contributed by atoms with van der Waals surface area (Å²) >= 11 is 0. The number of nitrogens with zero attached hydrogens (tertiary/aromatic N) is 3. The van der Waals surface area contributed by atoms with Crippen LogP contribution in [-0.2, 0) is 0 Å². The second kappa shape index (κ2) is 6.03. The van der Waals surface area contributed by atoms with Crippen molar-refractivity contribution in [2.45, 2.75) is 52.5 Å². The number of aromatic nitrogens is 2. The second-order valence-corrected chi connectivity index (χ2v) is 4.98. The van der Waals surface area contributed by atoms with Crippen molar-refractivity contribution in [1.82, 2.24) is 9.97 Å². The van der Waals surface area contributed by atoms with Crippen LogP contribution in [-0.4, -0.2) is 29.1 Å². The molecule has 0 saturated heterocycles. The van der Waals surface area contributed by atoms with E-state index in [9.17, 15) is 0 Å². The molecule has 0 aliphatic heterocycles. The van der Waals surface area contributed by atoms with Gasteiger partial charge in [-0.15, -0.1) is 0 Å². The molecule has 1 aromatic heterocycles. The zero-order valence-electron chi connectivity index (χ0n) is 11.7. The summed E-state index contributed by atoms with van der Waals surface area (Å²) in [6, 6.07) is 0.708. The summed E-state index contributed by atoms with van der Waals surface area (Å²) in [6.07, 6.45) is 6.76. The van der Waals surface area contributed by atoms with Crippen LogP contribution >= 0.6 is 0 Å². The van der Waals surface area contributed by atoms with Gasteiger partial charge in [0.25, 0.3) is 0 Å². The Morgan fingerprint density at radius 1 is 1.33 bits per heavy atom. The van der Waals surface area contributed by atoms with Gasteiger partial charge in [0.15, 0.2) is 0 Å². The van der Waals surface area contributed by atoms with Crippen LogP contribution in [0.2, 0.25) is 0 Å². The van der Waals surface area contributed by atoms with Crippen molar-refractivity contribution in [1.29, 1.82) is 0 Å². The predicted molar refractivity (Wildman–Crippen MR) is 76.2 cm³/mol. The molecule has 0 bridgehead atoms. The topological polar surface area (TPSA) is 41.1 Å². The largest absolute Gasteiger partial charge is 0.370 e. The van der Waals surface area contributed by atoms with Crippen LogP contribution in [0.5, 0.6) is 0 Å². The van der Waals surface area contributed by atoms with E-state index in [2.05, 4.69) is 41.0 Å². The summed E-state index contributed by atoms with van der Waals surface area (Å²) in [5, 5.41) is 3.31. The molecule has 1 aromatic rings. The number of unbranched alkanes of at least 4 members (excludes halogenated alkanes) is 1. The van der Waals surface area contributed by atoms with Gasteiger partial charge < -0.3 is 10.2 Å². The fourth-order valence-corrected chi connectivity index (χ4v) is 2.25. The average molecular weight is 248 g/mol. The van der Waals surface area contributed by atoms with Gasteiger partial charge in [0.05, 0.1) is 0 Å². The third kappa shape index (κ3) is 2.92. The Balaban J connectivity index is 2.20. The van der Waals surface area contributed by atoms with E-state index in [1.54, 1.807) is 6.33 Å². The van der Waals surface area contributed by atoms with E-state index in [0.29, 0.717) is 6.04 Å². The molecule has 1 aliphatic rings. The maximum atomic E-state index is 4.51. The van der Waals surface area contributed by atoms with Crippen molar-refractivity contribution in [3.63, 3.8) is 0 Å². The van der Waals surface area contributed by atoms with E-state index >= 15 is 0 Å². The van der Waals surface area contributed by atoms with Crippen LogP contribution in [0.1, 0.15) is 45.1 Å². The van der Waals surface area contributed by atoms with Gasteiger partial charge in [-0.05, 0) is 33.1 Å². The monoisotopic (exact) mass is 248 g/mol. The molecule has 0 aromatic carbocycles. The first kappa shape index (κ1) is 13.1. The molecule has 1 heterocycles. The molecule has 4 nitrogen and oxygen atoms in total. The summed E-state index contributed by atoms with van der Waals surface area (Å²) in [5.74, 6) is 2.10. The minimum atomic E-state index is 0.708. The van der Waals surface area contributed by atoms with Crippen LogP contribution in [0, 0.1) is 6.92 Å². The van der Waals surface area contributed by atoms with Gasteiger partial charge in [0.2, 0.25) is 0 Å². The lowest BCUT2D eigenvalue weighted by atomic mass is 10.2. The van der Waals surface area contributed by atoms with Crippen molar-refractivity contribution >= 4 is 11.6 Å². The minimum Gasteiger partial charge on any atom is -0.370 e. The fraction of sp³-hybridized carbons (Fsp3) is 0.714. The molecular formula is C14H24N4. The quantitative estimate of drug-likeness (QED) is 0.805.